The molecule has 4 nitrogen and oxygen atoms in total. The SMILES string of the molecule is CC(=O)c1ccc2[nH]cc(OC(=O)C(C)C)c2c1. The van der Waals surface area contributed by atoms with Gasteiger partial charge in [0.25, 0.3) is 0 Å². The fourth-order valence-electron chi connectivity index (χ4n) is 1.62. The van der Waals surface area contributed by atoms with E-state index in [4.69, 9.17) is 4.74 Å². The summed E-state index contributed by atoms with van der Waals surface area (Å²) in [6.45, 7) is 5.06. The molecule has 0 aliphatic heterocycles. The summed E-state index contributed by atoms with van der Waals surface area (Å²) in [6.07, 6.45) is 1.63. The molecule has 4 heteroatoms. The van der Waals surface area contributed by atoms with Crippen LogP contribution in [0.15, 0.2) is 24.4 Å². The number of rotatable bonds is 3. The second kappa shape index (κ2) is 4.64. The molecule has 0 saturated heterocycles. The highest BCUT2D eigenvalue weighted by molar-refractivity contribution is 5.99. The Hall–Kier alpha value is -2.10. The lowest BCUT2D eigenvalue weighted by molar-refractivity contribution is -0.137. The minimum atomic E-state index is -0.288. The van der Waals surface area contributed by atoms with Crippen molar-refractivity contribution < 1.29 is 14.3 Å². The molecule has 0 radical (unpaired) electrons. The molecule has 0 fully saturated rings. The fraction of sp³-hybridized carbons (Fsp3) is 0.286. The summed E-state index contributed by atoms with van der Waals surface area (Å²) in [7, 11) is 0. The average Bonchev–Trinajstić information content (AvgIpc) is 2.71. The number of ether oxygens (including phenoxy) is 1. The van der Waals surface area contributed by atoms with Crippen molar-refractivity contribution in [3.63, 3.8) is 0 Å². The van der Waals surface area contributed by atoms with Crippen LogP contribution in [-0.2, 0) is 4.79 Å². The molecule has 0 saturated carbocycles. The van der Waals surface area contributed by atoms with Gasteiger partial charge in [-0.1, -0.05) is 13.8 Å². The maximum atomic E-state index is 11.6. The van der Waals surface area contributed by atoms with Crippen molar-refractivity contribution in [1.29, 1.82) is 0 Å². The van der Waals surface area contributed by atoms with Crippen LogP contribution in [0.3, 0.4) is 0 Å². The molecule has 18 heavy (non-hydrogen) atoms. The number of ketones is 1. The molecule has 0 spiro atoms. The molecule has 0 unspecified atom stereocenters. The van der Waals surface area contributed by atoms with Gasteiger partial charge in [0.1, 0.15) is 0 Å². The van der Waals surface area contributed by atoms with Crippen molar-refractivity contribution in [2.45, 2.75) is 20.8 Å². The maximum absolute atomic E-state index is 11.6. The Morgan fingerprint density at radius 1 is 1.28 bits per heavy atom. The van der Waals surface area contributed by atoms with E-state index in [1.165, 1.54) is 6.92 Å². The number of hydrogen-bond acceptors (Lipinski definition) is 3. The molecule has 0 aliphatic carbocycles. The van der Waals surface area contributed by atoms with Gasteiger partial charge in [-0.05, 0) is 25.1 Å². The van der Waals surface area contributed by atoms with Gasteiger partial charge in [-0.25, -0.2) is 0 Å². The van der Waals surface area contributed by atoms with Crippen LogP contribution in [-0.4, -0.2) is 16.7 Å². The number of esters is 1. The number of carbonyl (C=O) groups excluding carboxylic acids is 2. The van der Waals surface area contributed by atoms with Crippen molar-refractivity contribution >= 4 is 22.7 Å². The number of Topliss-reactive ketones (excluding diaryl/α,β-unsaturated/α-hetero) is 1. The number of carbonyl (C=O) groups is 2. The minimum Gasteiger partial charge on any atom is -0.424 e. The average molecular weight is 245 g/mol. The van der Waals surface area contributed by atoms with E-state index in [0.29, 0.717) is 11.3 Å². The van der Waals surface area contributed by atoms with E-state index in [2.05, 4.69) is 4.98 Å². The number of aromatic nitrogens is 1. The molecule has 1 heterocycles. The summed E-state index contributed by atoms with van der Waals surface area (Å²) in [5, 5.41) is 0.747. The molecular weight excluding hydrogens is 230 g/mol. The lowest BCUT2D eigenvalue weighted by Gasteiger charge is -2.05. The molecule has 0 bridgehead atoms. The highest BCUT2D eigenvalue weighted by Crippen LogP contribution is 2.27. The third kappa shape index (κ3) is 2.27. The van der Waals surface area contributed by atoms with Gasteiger partial charge in [-0.2, -0.15) is 0 Å². The minimum absolute atomic E-state index is 0.0146. The van der Waals surface area contributed by atoms with Crippen molar-refractivity contribution in [3.05, 3.63) is 30.0 Å². The maximum Gasteiger partial charge on any atom is 0.313 e. The zero-order chi connectivity index (χ0) is 13.3. The van der Waals surface area contributed by atoms with E-state index < -0.39 is 0 Å². The topological polar surface area (TPSA) is 59.2 Å². The summed E-state index contributed by atoms with van der Waals surface area (Å²) in [6, 6.07) is 5.28. The predicted molar refractivity (Wildman–Crippen MR) is 68.8 cm³/mol. The Morgan fingerprint density at radius 2 is 2.00 bits per heavy atom. The second-order valence-corrected chi connectivity index (χ2v) is 4.55. The first kappa shape index (κ1) is 12.4. The number of H-pyrrole nitrogens is 1. The third-order valence-corrected chi connectivity index (χ3v) is 2.73. The van der Waals surface area contributed by atoms with Gasteiger partial charge in [0.15, 0.2) is 11.5 Å². The molecule has 1 aromatic heterocycles. The molecular formula is C14H15NO3. The quantitative estimate of drug-likeness (QED) is 0.668. The summed E-state index contributed by atoms with van der Waals surface area (Å²) < 4.78 is 5.28. The van der Waals surface area contributed by atoms with Gasteiger partial charge >= 0.3 is 5.97 Å². The van der Waals surface area contributed by atoms with Crippen molar-refractivity contribution in [1.82, 2.24) is 4.98 Å². The molecule has 2 rings (SSSR count). The van der Waals surface area contributed by atoms with Crippen LogP contribution in [0.25, 0.3) is 10.9 Å². The van der Waals surface area contributed by atoms with E-state index >= 15 is 0 Å². The van der Waals surface area contributed by atoms with Gasteiger partial charge in [-0.3, -0.25) is 9.59 Å². The number of benzene rings is 1. The van der Waals surface area contributed by atoms with Crippen LogP contribution in [0, 0.1) is 5.92 Å². The Labute approximate surface area is 105 Å². The van der Waals surface area contributed by atoms with Crippen LogP contribution in [0.2, 0.25) is 0 Å². The smallest absolute Gasteiger partial charge is 0.313 e. The first-order valence-corrected chi connectivity index (χ1v) is 5.83. The molecule has 2 aromatic rings. The molecule has 1 aromatic carbocycles. The van der Waals surface area contributed by atoms with Gasteiger partial charge in [0, 0.05) is 22.7 Å². The Balaban J connectivity index is 2.42. The van der Waals surface area contributed by atoms with Crippen LogP contribution in [0.1, 0.15) is 31.1 Å². The van der Waals surface area contributed by atoms with Gasteiger partial charge in [0.2, 0.25) is 0 Å². The van der Waals surface area contributed by atoms with E-state index in [1.54, 1.807) is 38.2 Å². The van der Waals surface area contributed by atoms with E-state index in [0.717, 1.165) is 10.9 Å². The number of fused-ring (bicyclic) bond motifs is 1. The Bertz CT molecular complexity index is 611. The first-order valence-electron chi connectivity index (χ1n) is 5.83. The number of aromatic amines is 1. The Morgan fingerprint density at radius 3 is 2.61 bits per heavy atom. The van der Waals surface area contributed by atoms with Gasteiger partial charge in [0.05, 0.1) is 5.92 Å². The standard InChI is InChI=1S/C14H15NO3/c1-8(2)14(17)18-13-7-15-12-5-4-10(9(3)16)6-11(12)13/h4-8,15H,1-3H3. The lowest BCUT2D eigenvalue weighted by atomic mass is 10.1. The molecule has 0 atom stereocenters. The third-order valence-electron chi connectivity index (χ3n) is 2.73. The zero-order valence-corrected chi connectivity index (χ0v) is 10.6. The van der Waals surface area contributed by atoms with Crippen molar-refractivity contribution in [3.8, 4) is 5.75 Å². The van der Waals surface area contributed by atoms with Crippen LogP contribution < -0.4 is 4.74 Å². The van der Waals surface area contributed by atoms with Crippen LogP contribution in [0.5, 0.6) is 5.75 Å². The van der Waals surface area contributed by atoms with Gasteiger partial charge < -0.3 is 9.72 Å². The van der Waals surface area contributed by atoms with Gasteiger partial charge in [-0.15, -0.1) is 0 Å². The van der Waals surface area contributed by atoms with E-state index in [1.807, 2.05) is 0 Å². The van der Waals surface area contributed by atoms with E-state index in [9.17, 15) is 9.59 Å². The number of nitrogens with one attached hydrogen (secondary N) is 1. The summed E-state index contributed by atoms with van der Waals surface area (Å²) in [5.41, 5.74) is 1.44. The zero-order valence-electron chi connectivity index (χ0n) is 10.6. The molecule has 0 aliphatic rings. The fourth-order valence-corrected chi connectivity index (χ4v) is 1.62. The Kier molecular flexibility index (Phi) is 3.19. The van der Waals surface area contributed by atoms with E-state index in [-0.39, 0.29) is 17.7 Å². The van der Waals surface area contributed by atoms with Crippen molar-refractivity contribution in [2.75, 3.05) is 0 Å². The molecule has 1 N–H and O–H groups in total. The first-order chi connectivity index (χ1) is 8.49. The highest BCUT2D eigenvalue weighted by atomic mass is 16.5. The predicted octanol–water partition coefficient (Wildman–Crippen LogP) is 2.93. The van der Waals surface area contributed by atoms with Crippen LogP contribution in [0.4, 0.5) is 0 Å². The molecule has 94 valence electrons. The normalized spacial score (nSPS) is 10.9. The largest absolute Gasteiger partial charge is 0.424 e. The lowest BCUT2D eigenvalue weighted by Crippen LogP contribution is -2.14. The highest BCUT2D eigenvalue weighted by Gasteiger charge is 2.14. The summed E-state index contributed by atoms with van der Waals surface area (Å²) >= 11 is 0. The van der Waals surface area contributed by atoms with Crippen LogP contribution >= 0.6 is 0 Å². The van der Waals surface area contributed by atoms with Crippen molar-refractivity contribution in [2.24, 2.45) is 5.92 Å². The number of hydrogen-bond donors (Lipinski definition) is 1. The summed E-state index contributed by atoms with van der Waals surface area (Å²) in [5.74, 6) is -0.0268. The monoisotopic (exact) mass is 245 g/mol. The molecule has 0 amide bonds. The summed E-state index contributed by atoms with van der Waals surface area (Å²) in [4.78, 5) is 25.9. The second-order valence-electron chi connectivity index (χ2n) is 4.55.